The van der Waals surface area contributed by atoms with Crippen molar-refractivity contribution in [3.8, 4) is 5.75 Å². The van der Waals surface area contributed by atoms with E-state index in [0.29, 0.717) is 11.8 Å². The van der Waals surface area contributed by atoms with Crippen LogP contribution in [-0.4, -0.2) is 39.2 Å². The Labute approximate surface area is 130 Å². The Morgan fingerprint density at radius 1 is 1.39 bits per heavy atom. The number of aromatic amines is 1. The van der Waals surface area contributed by atoms with Crippen molar-refractivity contribution in [2.45, 2.75) is 13.0 Å². The molecule has 120 valence electrons. The third-order valence-corrected chi connectivity index (χ3v) is 3.10. The number of aromatic nitrogens is 2. The zero-order chi connectivity index (χ0) is 17.0. The minimum Gasteiger partial charge on any atom is -0.501 e. The Kier molecular flexibility index (Phi) is 4.85. The standard InChI is InChI=1S/C15H14FN3O4/c1-19(8-9-2-4-10(16)5-3-9)15(23)12-13(21)14(22)18-11(17-12)6-7-20/h2-5,7,21H,6,8H2,1H3,(H,17,18,22). The fraction of sp³-hybridized carbons (Fsp3) is 0.200. The van der Waals surface area contributed by atoms with E-state index in [0.717, 1.165) is 0 Å². The van der Waals surface area contributed by atoms with Crippen molar-refractivity contribution in [3.05, 3.63) is 57.5 Å². The molecule has 0 atom stereocenters. The van der Waals surface area contributed by atoms with Gasteiger partial charge in [0.05, 0.1) is 6.42 Å². The van der Waals surface area contributed by atoms with Crippen molar-refractivity contribution >= 4 is 12.2 Å². The van der Waals surface area contributed by atoms with Gasteiger partial charge in [0.1, 0.15) is 17.9 Å². The van der Waals surface area contributed by atoms with Crippen LogP contribution in [0.15, 0.2) is 29.1 Å². The molecule has 1 amide bonds. The molecule has 23 heavy (non-hydrogen) atoms. The predicted molar refractivity (Wildman–Crippen MR) is 78.5 cm³/mol. The molecule has 2 rings (SSSR count). The molecule has 0 bridgehead atoms. The van der Waals surface area contributed by atoms with Gasteiger partial charge < -0.3 is 19.8 Å². The van der Waals surface area contributed by atoms with Crippen molar-refractivity contribution in [2.75, 3.05) is 7.05 Å². The fourth-order valence-electron chi connectivity index (χ4n) is 1.95. The van der Waals surface area contributed by atoms with Gasteiger partial charge in [-0.3, -0.25) is 9.59 Å². The Balaban J connectivity index is 2.26. The Bertz CT molecular complexity index is 786. The highest BCUT2D eigenvalue weighted by Gasteiger charge is 2.21. The third-order valence-electron chi connectivity index (χ3n) is 3.10. The molecule has 0 unspecified atom stereocenters. The van der Waals surface area contributed by atoms with E-state index in [1.54, 1.807) is 0 Å². The predicted octanol–water partition coefficient (Wildman–Crippen LogP) is 0.628. The number of carbonyl (C=O) groups is 2. The highest BCUT2D eigenvalue weighted by Crippen LogP contribution is 2.13. The van der Waals surface area contributed by atoms with Gasteiger partial charge in [0, 0.05) is 13.6 Å². The van der Waals surface area contributed by atoms with Gasteiger partial charge >= 0.3 is 0 Å². The van der Waals surface area contributed by atoms with E-state index in [4.69, 9.17) is 0 Å². The molecule has 0 saturated heterocycles. The summed E-state index contributed by atoms with van der Waals surface area (Å²) in [6.45, 7) is 0.135. The maximum absolute atomic E-state index is 12.9. The van der Waals surface area contributed by atoms with E-state index in [2.05, 4.69) is 9.97 Å². The van der Waals surface area contributed by atoms with Crippen molar-refractivity contribution in [2.24, 2.45) is 0 Å². The number of H-pyrrole nitrogens is 1. The van der Waals surface area contributed by atoms with Crippen LogP contribution in [0.2, 0.25) is 0 Å². The summed E-state index contributed by atoms with van der Waals surface area (Å²) in [7, 11) is 1.45. The van der Waals surface area contributed by atoms with Gasteiger partial charge in [-0.25, -0.2) is 9.37 Å². The van der Waals surface area contributed by atoms with E-state index in [-0.39, 0.29) is 18.8 Å². The number of aromatic hydroxyl groups is 1. The number of hydrogen-bond acceptors (Lipinski definition) is 5. The number of nitrogens with zero attached hydrogens (tertiary/aromatic N) is 2. The van der Waals surface area contributed by atoms with Crippen molar-refractivity contribution in [1.82, 2.24) is 14.9 Å². The summed E-state index contributed by atoms with van der Waals surface area (Å²) in [4.78, 5) is 41.7. The quantitative estimate of drug-likeness (QED) is 0.787. The van der Waals surface area contributed by atoms with E-state index in [1.165, 1.54) is 36.2 Å². The molecule has 8 heteroatoms. The first-order valence-corrected chi connectivity index (χ1v) is 6.68. The second-order valence-electron chi connectivity index (χ2n) is 4.87. The van der Waals surface area contributed by atoms with Gasteiger partial charge in [-0.05, 0) is 17.7 Å². The van der Waals surface area contributed by atoms with Gasteiger partial charge in [0.25, 0.3) is 11.5 Å². The van der Waals surface area contributed by atoms with E-state index < -0.39 is 28.7 Å². The normalized spacial score (nSPS) is 10.3. The molecule has 0 spiro atoms. The molecular formula is C15H14FN3O4. The molecule has 2 aromatic rings. The molecule has 1 aromatic carbocycles. The third kappa shape index (κ3) is 3.79. The van der Waals surface area contributed by atoms with E-state index in [9.17, 15) is 23.9 Å². The largest absolute Gasteiger partial charge is 0.501 e. The molecule has 0 fully saturated rings. The van der Waals surface area contributed by atoms with Gasteiger partial charge in [-0.1, -0.05) is 12.1 Å². The van der Waals surface area contributed by atoms with Crippen LogP contribution >= 0.6 is 0 Å². The van der Waals surface area contributed by atoms with E-state index in [1.807, 2.05) is 0 Å². The molecule has 7 nitrogen and oxygen atoms in total. The van der Waals surface area contributed by atoms with Gasteiger partial charge in [0.15, 0.2) is 5.69 Å². The lowest BCUT2D eigenvalue weighted by Gasteiger charge is -2.17. The lowest BCUT2D eigenvalue weighted by Crippen LogP contribution is -2.29. The van der Waals surface area contributed by atoms with E-state index >= 15 is 0 Å². The second kappa shape index (κ2) is 6.82. The van der Waals surface area contributed by atoms with Crippen molar-refractivity contribution < 1.29 is 19.1 Å². The number of halogens is 1. The number of benzene rings is 1. The van der Waals surface area contributed by atoms with Crippen LogP contribution in [0.1, 0.15) is 21.9 Å². The minimum atomic E-state index is -0.893. The molecule has 0 radical (unpaired) electrons. The number of aldehydes is 1. The smallest absolute Gasteiger partial charge is 0.293 e. The highest BCUT2D eigenvalue weighted by atomic mass is 19.1. The topological polar surface area (TPSA) is 103 Å². The first-order valence-electron chi connectivity index (χ1n) is 6.68. The summed E-state index contributed by atoms with van der Waals surface area (Å²) >= 11 is 0. The average molecular weight is 319 g/mol. The van der Waals surface area contributed by atoms with Crippen LogP contribution < -0.4 is 5.56 Å². The SMILES string of the molecule is CN(Cc1ccc(F)cc1)C(=O)c1nc(CC=O)[nH]c(=O)c1O. The number of rotatable bonds is 5. The number of nitrogens with one attached hydrogen (secondary N) is 1. The molecule has 1 aromatic heterocycles. The Morgan fingerprint density at radius 2 is 2.04 bits per heavy atom. The zero-order valence-electron chi connectivity index (χ0n) is 12.2. The summed E-state index contributed by atoms with van der Waals surface area (Å²) in [5.41, 5.74) is -0.662. The fourth-order valence-corrected chi connectivity index (χ4v) is 1.95. The maximum atomic E-state index is 12.9. The van der Waals surface area contributed by atoms with Gasteiger partial charge in [0.2, 0.25) is 5.75 Å². The van der Waals surface area contributed by atoms with Crippen molar-refractivity contribution in [3.63, 3.8) is 0 Å². The van der Waals surface area contributed by atoms with Crippen LogP contribution in [0.25, 0.3) is 0 Å². The van der Waals surface area contributed by atoms with Crippen LogP contribution in [0.3, 0.4) is 0 Å². The minimum absolute atomic E-state index is 0.0127. The lowest BCUT2D eigenvalue weighted by molar-refractivity contribution is -0.107. The Hall–Kier alpha value is -3.03. The summed E-state index contributed by atoms with van der Waals surface area (Å²) in [6, 6.07) is 5.56. The van der Waals surface area contributed by atoms with Crippen LogP contribution in [0.5, 0.6) is 5.75 Å². The molecule has 1 heterocycles. The molecular weight excluding hydrogens is 305 g/mol. The zero-order valence-corrected chi connectivity index (χ0v) is 12.2. The number of carbonyl (C=O) groups excluding carboxylic acids is 2. The van der Waals surface area contributed by atoms with Crippen LogP contribution in [0.4, 0.5) is 4.39 Å². The van der Waals surface area contributed by atoms with Gasteiger partial charge in [-0.15, -0.1) is 0 Å². The summed E-state index contributed by atoms with van der Waals surface area (Å²) in [5, 5.41) is 9.72. The lowest BCUT2D eigenvalue weighted by atomic mass is 10.2. The molecule has 0 aliphatic rings. The molecule has 0 aliphatic carbocycles. The number of amides is 1. The molecule has 0 aliphatic heterocycles. The second-order valence-corrected chi connectivity index (χ2v) is 4.87. The molecule has 2 N–H and O–H groups in total. The summed E-state index contributed by atoms with van der Waals surface area (Å²) < 4.78 is 12.9. The number of hydrogen-bond donors (Lipinski definition) is 2. The molecule has 0 saturated carbocycles. The summed E-state index contributed by atoms with van der Waals surface area (Å²) in [6.07, 6.45) is 0.337. The monoisotopic (exact) mass is 319 g/mol. The van der Waals surface area contributed by atoms with Gasteiger partial charge in [-0.2, -0.15) is 0 Å². The Morgan fingerprint density at radius 3 is 2.65 bits per heavy atom. The first-order chi connectivity index (χ1) is 10.9. The summed E-state index contributed by atoms with van der Waals surface area (Å²) in [5.74, 6) is -1.91. The first kappa shape index (κ1) is 16.3. The van der Waals surface area contributed by atoms with Crippen LogP contribution in [-0.2, 0) is 17.8 Å². The van der Waals surface area contributed by atoms with Crippen molar-refractivity contribution in [1.29, 1.82) is 0 Å². The highest BCUT2D eigenvalue weighted by molar-refractivity contribution is 5.94. The van der Waals surface area contributed by atoms with Crippen LogP contribution in [0, 0.1) is 5.82 Å². The average Bonchev–Trinajstić information content (AvgIpc) is 2.52. The maximum Gasteiger partial charge on any atom is 0.293 e.